The smallest absolute Gasteiger partial charge is 0.246 e. The Hall–Kier alpha value is -1.54. The fourth-order valence-electron chi connectivity index (χ4n) is 2.69. The van der Waals surface area contributed by atoms with Gasteiger partial charge in [-0.1, -0.05) is 13.3 Å². The first-order valence-electron chi connectivity index (χ1n) is 8.09. The molecule has 1 aliphatic heterocycles. The van der Waals surface area contributed by atoms with Crippen LogP contribution in [0.4, 0.5) is 8.78 Å². The van der Waals surface area contributed by atoms with E-state index in [1.165, 1.54) is 0 Å². The second-order valence-electron chi connectivity index (χ2n) is 5.82. The Morgan fingerprint density at radius 3 is 2.58 bits per heavy atom. The van der Waals surface area contributed by atoms with Gasteiger partial charge >= 0.3 is 0 Å². The standard InChI is InChI=1S/C16H22F2N2O3S/c1-2-3-5-16(21)19-8-4-9-20(11-10-19)24(22,23)15-7-6-13(17)12-14(15)18/h6-7,12H,2-5,8-11H2,1H3. The number of hydrogen-bond donors (Lipinski definition) is 0. The molecule has 8 heteroatoms. The lowest BCUT2D eigenvalue weighted by Gasteiger charge is -2.22. The van der Waals surface area contributed by atoms with E-state index in [9.17, 15) is 22.0 Å². The third kappa shape index (κ3) is 4.30. The van der Waals surface area contributed by atoms with Crippen molar-refractivity contribution in [2.45, 2.75) is 37.5 Å². The van der Waals surface area contributed by atoms with Crippen LogP contribution in [-0.2, 0) is 14.8 Å². The Morgan fingerprint density at radius 2 is 1.92 bits per heavy atom. The van der Waals surface area contributed by atoms with Gasteiger partial charge in [-0.3, -0.25) is 4.79 Å². The van der Waals surface area contributed by atoms with Crippen LogP contribution >= 0.6 is 0 Å². The van der Waals surface area contributed by atoms with E-state index in [2.05, 4.69) is 0 Å². The molecule has 0 bridgehead atoms. The van der Waals surface area contributed by atoms with Crippen molar-refractivity contribution >= 4 is 15.9 Å². The maximum Gasteiger partial charge on any atom is 0.246 e. The van der Waals surface area contributed by atoms with E-state index in [1.54, 1.807) is 4.90 Å². The first-order chi connectivity index (χ1) is 11.4. The molecule has 24 heavy (non-hydrogen) atoms. The number of nitrogens with zero attached hydrogens (tertiary/aromatic N) is 2. The predicted molar refractivity (Wildman–Crippen MR) is 85.8 cm³/mol. The van der Waals surface area contributed by atoms with Crippen LogP contribution in [0.25, 0.3) is 0 Å². The molecule has 1 fully saturated rings. The number of sulfonamides is 1. The minimum Gasteiger partial charge on any atom is -0.341 e. The van der Waals surface area contributed by atoms with Crippen LogP contribution < -0.4 is 0 Å². The molecule has 0 atom stereocenters. The highest BCUT2D eigenvalue weighted by Crippen LogP contribution is 2.21. The first kappa shape index (κ1) is 18.8. The van der Waals surface area contributed by atoms with Crippen LogP contribution in [0.3, 0.4) is 0 Å². The summed E-state index contributed by atoms with van der Waals surface area (Å²) in [5.41, 5.74) is 0. The van der Waals surface area contributed by atoms with Crippen LogP contribution in [0.15, 0.2) is 23.1 Å². The molecule has 0 unspecified atom stereocenters. The Bertz CT molecular complexity index is 695. The van der Waals surface area contributed by atoms with Crippen LogP contribution in [-0.4, -0.2) is 49.7 Å². The van der Waals surface area contributed by atoms with E-state index < -0.39 is 26.6 Å². The summed E-state index contributed by atoms with van der Waals surface area (Å²) >= 11 is 0. The fourth-order valence-corrected chi connectivity index (χ4v) is 4.21. The van der Waals surface area contributed by atoms with Crippen molar-refractivity contribution in [3.8, 4) is 0 Å². The number of carbonyl (C=O) groups is 1. The van der Waals surface area contributed by atoms with Gasteiger partial charge in [0.1, 0.15) is 16.5 Å². The molecular formula is C16H22F2N2O3S. The largest absolute Gasteiger partial charge is 0.341 e. The second kappa shape index (κ2) is 8.02. The summed E-state index contributed by atoms with van der Waals surface area (Å²) in [6.07, 6.45) is 2.66. The van der Waals surface area contributed by atoms with Crippen molar-refractivity contribution in [2.24, 2.45) is 0 Å². The quantitative estimate of drug-likeness (QED) is 0.810. The van der Waals surface area contributed by atoms with Gasteiger partial charge in [0.05, 0.1) is 0 Å². The Labute approximate surface area is 141 Å². The molecule has 5 nitrogen and oxygen atoms in total. The summed E-state index contributed by atoms with van der Waals surface area (Å²) < 4.78 is 53.2. The molecule has 0 saturated carbocycles. The molecule has 1 aliphatic rings. The molecule has 1 heterocycles. The monoisotopic (exact) mass is 360 g/mol. The average Bonchev–Trinajstić information content (AvgIpc) is 2.78. The fraction of sp³-hybridized carbons (Fsp3) is 0.562. The summed E-state index contributed by atoms with van der Waals surface area (Å²) in [6, 6.07) is 2.43. The van der Waals surface area contributed by atoms with E-state index in [4.69, 9.17) is 0 Å². The van der Waals surface area contributed by atoms with Gasteiger partial charge in [0.25, 0.3) is 0 Å². The number of hydrogen-bond acceptors (Lipinski definition) is 3. The van der Waals surface area contributed by atoms with Gasteiger partial charge in [-0.2, -0.15) is 4.31 Å². The first-order valence-corrected chi connectivity index (χ1v) is 9.53. The number of amides is 1. The zero-order valence-electron chi connectivity index (χ0n) is 13.7. The van der Waals surface area contributed by atoms with E-state index in [0.29, 0.717) is 25.5 Å². The van der Waals surface area contributed by atoms with E-state index in [-0.39, 0.29) is 25.5 Å². The van der Waals surface area contributed by atoms with Crippen molar-refractivity contribution in [1.29, 1.82) is 0 Å². The summed E-state index contributed by atoms with van der Waals surface area (Å²) in [6.45, 7) is 3.08. The van der Waals surface area contributed by atoms with E-state index in [1.807, 2.05) is 6.92 Å². The molecule has 1 saturated heterocycles. The van der Waals surface area contributed by atoms with Gasteiger partial charge in [-0.25, -0.2) is 17.2 Å². The maximum atomic E-state index is 13.8. The zero-order valence-corrected chi connectivity index (χ0v) is 14.5. The number of benzene rings is 1. The van der Waals surface area contributed by atoms with Gasteiger partial charge in [-0.15, -0.1) is 0 Å². The van der Waals surface area contributed by atoms with Gasteiger partial charge in [0, 0.05) is 38.7 Å². The minimum atomic E-state index is -4.05. The number of unbranched alkanes of at least 4 members (excludes halogenated alkanes) is 1. The normalized spacial score (nSPS) is 16.9. The van der Waals surface area contributed by atoms with Crippen molar-refractivity contribution < 1.29 is 22.0 Å². The Balaban J connectivity index is 2.11. The highest BCUT2D eigenvalue weighted by Gasteiger charge is 2.30. The van der Waals surface area contributed by atoms with E-state index in [0.717, 1.165) is 29.3 Å². The molecule has 1 aromatic rings. The average molecular weight is 360 g/mol. The van der Waals surface area contributed by atoms with Crippen LogP contribution in [0.5, 0.6) is 0 Å². The summed E-state index contributed by atoms with van der Waals surface area (Å²) in [4.78, 5) is 13.2. The molecular weight excluding hydrogens is 338 g/mol. The number of rotatable bonds is 5. The van der Waals surface area contributed by atoms with Gasteiger partial charge in [0.2, 0.25) is 15.9 Å². The maximum absolute atomic E-state index is 13.8. The SMILES string of the molecule is CCCCC(=O)N1CCCN(S(=O)(=O)c2ccc(F)cc2F)CC1. The summed E-state index contributed by atoms with van der Waals surface area (Å²) in [5, 5.41) is 0. The van der Waals surface area contributed by atoms with Crippen LogP contribution in [0.2, 0.25) is 0 Å². The summed E-state index contributed by atoms with van der Waals surface area (Å²) in [7, 11) is -4.05. The molecule has 0 spiro atoms. The minimum absolute atomic E-state index is 0.0176. The van der Waals surface area contributed by atoms with E-state index >= 15 is 0 Å². The predicted octanol–water partition coefficient (Wildman–Crippen LogP) is 2.38. The zero-order chi connectivity index (χ0) is 17.7. The molecule has 2 rings (SSSR count). The third-order valence-corrected chi connectivity index (χ3v) is 6.00. The van der Waals surface area contributed by atoms with Crippen LogP contribution in [0, 0.1) is 11.6 Å². The molecule has 1 aromatic carbocycles. The van der Waals surface area contributed by atoms with Crippen molar-refractivity contribution in [1.82, 2.24) is 9.21 Å². The van der Waals surface area contributed by atoms with Crippen molar-refractivity contribution in [3.63, 3.8) is 0 Å². The molecule has 0 aliphatic carbocycles. The lowest BCUT2D eigenvalue weighted by atomic mass is 10.2. The molecule has 134 valence electrons. The Kier molecular flexibility index (Phi) is 6.28. The van der Waals surface area contributed by atoms with Crippen molar-refractivity contribution in [3.05, 3.63) is 29.8 Å². The highest BCUT2D eigenvalue weighted by molar-refractivity contribution is 7.89. The Morgan fingerprint density at radius 1 is 1.17 bits per heavy atom. The van der Waals surface area contributed by atoms with Crippen LogP contribution in [0.1, 0.15) is 32.6 Å². The lowest BCUT2D eigenvalue weighted by molar-refractivity contribution is -0.131. The topological polar surface area (TPSA) is 57.7 Å². The number of carbonyl (C=O) groups excluding carboxylic acids is 1. The highest BCUT2D eigenvalue weighted by atomic mass is 32.2. The molecule has 1 amide bonds. The third-order valence-electron chi connectivity index (χ3n) is 4.06. The molecule has 0 aromatic heterocycles. The summed E-state index contributed by atoms with van der Waals surface area (Å²) in [5.74, 6) is -1.91. The van der Waals surface area contributed by atoms with Gasteiger partial charge in [-0.05, 0) is 25.0 Å². The lowest BCUT2D eigenvalue weighted by Crippen LogP contribution is -2.37. The van der Waals surface area contributed by atoms with Gasteiger partial charge < -0.3 is 4.90 Å². The van der Waals surface area contributed by atoms with Gasteiger partial charge in [0.15, 0.2) is 0 Å². The van der Waals surface area contributed by atoms with Crippen molar-refractivity contribution in [2.75, 3.05) is 26.2 Å². The second-order valence-corrected chi connectivity index (χ2v) is 7.72. The molecule has 0 N–H and O–H groups in total. The molecule has 0 radical (unpaired) electrons. The number of halogens is 2.